The van der Waals surface area contributed by atoms with E-state index in [-0.39, 0.29) is 21.7 Å². The van der Waals surface area contributed by atoms with E-state index < -0.39 is 22.0 Å². The molecular formula is C18H19NO6S. The Morgan fingerprint density at radius 3 is 1.85 bits per heavy atom. The van der Waals surface area contributed by atoms with Crippen LogP contribution in [0.3, 0.4) is 0 Å². The minimum absolute atomic E-state index is 0.0215. The minimum atomic E-state index is -3.91. The average molecular weight is 377 g/mol. The molecule has 138 valence electrons. The lowest BCUT2D eigenvalue weighted by Crippen LogP contribution is -2.15. The van der Waals surface area contributed by atoms with Crippen molar-refractivity contribution in [1.82, 2.24) is 0 Å². The van der Waals surface area contributed by atoms with Gasteiger partial charge in [0.05, 0.1) is 35.9 Å². The number of anilines is 1. The topological polar surface area (TPSA) is 98.8 Å². The molecule has 8 heteroatoms. The van der Waals surface area contributed by atoms with Crippen LogP contribution in [0.4, 0.5) is 5.69 Å². The van der Waals surface area contributed by atoms with Crippen molar-refractivity contribution in [3.05, 3.63) is 58.7 Å². The Hall–Kier alpha value is -2.87. The van der Waals surface area contributed by atoms with Crippen LogP contribution in [0.15, 0.2) is 41.3 Å². The van der Waals surface area contributed by atoms with Crippen LogP contribution >= 0.6 is 0 Å². The van der Waals surface area contributed by atoms with Gasteiger partial charge in [-0.25, -0.2) is 18.0 Å². The van der Waals surface area contributed by atoms with Gasteiger partial charge in [-0.2, -0.15) is 0 Å². The maximum atomic E-state index is 12.6. The van der Waals surface area contributed by atoms with Crippen LogP contribution in [0.2, 0.25) is 0 Å². The highest BCUT2D eigenvalue weighted by atomic mass is 32.2. The number of hydrogen-bond acceptors (Lipinski definition) is 6. The van der Waals surface area contributed by atoms with Crippen LogP contribution in [0.5, 0.6) is 0 Å². The Labute approximate surface area is 152 Å². The summed E-state index contributed by atoms with van der Waals surface area (Å²) in [6, 6.07) is 8.58. The van der Waals surface area contributed by atoms with Gasteiger partial charge in [0.1, 0.15) is 0 Å². The summed E-state index contributed by atoms with van der Waals surface area (Å²) in [5, 5.41) is 0. The van der Waals surface area contributed by atoms with Crippen molar-refractivity contribution < 1.29 is 27.5 Å². The second kappa shape index (κ2) is 7.57. The number of nitrogens with one attached hydrogen (secondary N) is 1. The monoisotopic (exact) mass is 377 g/mol. The number of aryl methyl sites for hydroxylation is 2. The summed E-state index contributed by atoms with van der Waals surface area (Å²) in [5.41, 5.74) is 1.88. The zero-order chi connectivity index (χ0) is 19.5. The summed E-state index contributed by atoms with van der Waals surface area (Å²) in [7, 11) is -1.53. The fourth-order valence-corrected chi connectivity index (χ4v) is 3.38. The van der Waals surface area contributed by atoms with Gasteiger partial charge in [0.2, 0.25) is 0 Å². The molecule has 0 aliphatic carbocycles. The van der Waals surface area contributed by atoms with Crippen molar-refractivity contribution >= 4 is 27.6 Å². The van der Waals surface area contributed by atoms with Crippen molar-refractivity contribution in [2.45, 2.75) is 18.7 Å². The van der Waals surface area contributed by atoms with E-state index in [0.29, 0.717) is 0 Å². The van der Waals surface area contributed by atoms with Crippen molar-refractivity contribution in [1.29, 1.82) is 0 Å². The van der Waals surface area contributed by atoms with Crippen molar-refractivity contribution in [3.8, 4) is 0 Å². The lowest BCUT2D eigenvalue weighted by Gasteiger charge is -2.12. The second-order valence-corrected chi connectivity index (χ2v) is 7.32. The predicted octanol–water partition coefficient (Wildman–Crippen LogP) is 2.68. The number of methoxy groups -OCH3 is 2. The number of carbonyl (C=O) groups excluding carboxylic acids is 2. The lowest BCUT2D eigenvalue weighted by atomic mass is 10.1. The molecule has 0 aliphatic heterocycles. The first-order chi connectivity index (χ1) is 12.2. The number of benzene rings is 2. The predicted molar refractivity (Wildman–Crippen MR) is 95.8 cm³/mol. The fourth-order valence-electron chi connectivity index (χ4n) is 2.25. The maximum absolute atomic E-state index is 12.6. The second-order valence-electron chi connectivity index (χ2n) is 5.63. The van der Waals surface area contributed by atoms with Gasteiger partial charge in [-0.15, -0.1) is 0 Å². The van der Waals surface area contributed by atoms with E-state index in [4.69, 9.17) is 0 Å². The third-order valence-electron chi connectivity index (χ3n) is 3.82. The lowest BCUT2D eigenvalue weighted by molar-refractivity contribution is 0.0599. The van der Waals surface area contributed by atoms with Crippen LogP contribution in [0.1, 0.15) is 31.8 Å². The molecule has 0 aliphatic rings. The van der Waals surface area contributed by atoms with Gasteiger partial charge in [0.15, 0.2) is 0 Å². The van der Waals surface area contributed by atoms with E-state index in [1.165, 1.54) is 38.5 Å². The van der Waals surface area contributed by atoms with Gasteiger partial charge in [-0.1, -0.05) is 6.07 Å². The molecular weight excluding hydrogens is 358 g/mol. The molecule has 0 unspecified atom stereocenters. The zero-order valence-electron chi connectivity index (χ0n) is 14.8. The Balaban J connectivity index is 2.48. The quantitative estimate of drug-likeness (QED) is 0.805. The molecule has 0 amide bonds. The molecule has 0 heterocycles. The third-order valence-corrected chi connectivity index (χ3v) is 5.20. The number of carbonyl (C=O) groups is 2. The smallest absolute Gasteiger partial charge is 0.337 e. The van der Waals surface area contributed by atoms with Crippen LogP contribution in [0, 0.1) is 13.8 Å². The summed E-state index contributed by atoms with van der Waals surface area (Å²) in [6.07, 6.45) is 0. The Bertz CT molecular complexity index is 931. The Morgan fingerprint density at radius 1 is 0.846 bits per heavy atom. The summed E-state index contributed by atoms with van der Waals surface area (Å²) in [6.45, 7) is 3.68. The van der Waals surface area contributed by atoms with Gasteiger partial charge < -0.3 is 9.47 Å². The highest BCUT2D eigenvalue weighted by Crippen LogP contribution is 2.22. The largest absolute Gasteiger partial charge is 0.465 e. The molecule has 0 saturated heterocycles. The maximum Gasteiger partial charge on any atom is 0.337 e. The Kier molecular flexibility index (Phi) is 5.66. The summed E-state index contributed by atoms with van der Waals surface area (Å²) < 4.78 is 36.9. The first-order valence-electron chi connectivity index (χ1n) is 7.59. The van der Waals surface area contributed by atoms with E-state index >= 15 is 0 Å². The van der Waals surface area contributed by atoms with Crippen molar-refractivity contribution in [2.24, 2.45) is 0 Å². The van der Waals surface area contributed by atoms with Gasteiger partial charge in [-0.3, -0.25) is 4.72 Å². The van der Waals surface area contributed by atoms with E-state index in [0.717, 1.165) is 11.1 Å². The van der Waals surface area contributed by atoms with Crippen LogP contribution in [-0.4, -0.2) is 34.6 Å². The number of rotatable bonds is 5. The molecule has 0 fully saturated rings. The average Bonchev–Trinajstić information content (AvgIpc) is 2.61. The van der Waals surface area contributed by atoms with Crippen LogP contribution < -0.4 is 4.72 Å². The molecule has 0 aromatic heterocycles. The molecule has 0 spiro atoms. The SMILES string of the molecule is COC(=O)c1cc(NS(=O)(=O)c2ccc(C)c(C)c2)cc(C(=O)OC)c1. The van der Waals surface area contributed by atoms with E-state index in [1.54, 1.807) is 12.1 Å². The molecule has 0 radical (unpaired) electrons. The van der Waals surface area contributed by atoms with Crippen LogP contribution in [-0.2, 0) is 19.5 Å². The highest BCUT2D eigenvalue weighted by molar-refractivity contribution is 7.92. The van der Waals surface area contributed by atoms with Gasteiger partial charge in [0.25, 0.3) is 10.0 Å². The molecule has 7 nitrogen and oxygen atoms in total. The summed E-state index contributed by atoms with van der Waals surface area (Å²) in [5.74, 6) is -1.41. The molecule has 26 heavy (non-hydrogen) atoms. The van der Waals surface area contributed by atoms with E-state index in [2.05, 4.69) is 14.2 Å². The molecule has 0 bridgehead atoms. The normalized spacial score (nSPS) is 10.9. The van der Waals surface area contributed by atoms with E-state index in [9.17, 15) is 18.0 Å². The summed E-state index contributed by atoms with van der Waals surface area (Å²) in [4.78, 5) is 23.7. The van der Waals surface area contributed by atoms with Crippen molar-refractivity contribution in [3.63, 3.8) is 0 Å². The minimum Gasteiger partial charge on any atom is -0.465 e. The molecule has 2 aromatic rings. The molecule has 0 atom stereocenters. The number of hydrogen-bond donors (Lipinski definition) is 1. The number of esters is 2. The van der Waals surface area contributed by atoms with Gasteiger partial charge in [-0.05, 0) is 55.3 Å². The standard InChI is InChI=1S/C18H19NO6S/c1-11-5-6-16(7-12(11)2)26(22,23)19-15-9-13(17(20)24-3)8-14(10-15)18(21)25-4/h5-10,19H,1-4H3. The third kappa shape index (κ3) is 4.20. The van der Waals surface area contributed by atoms with Crippen molar-refractivity contribution in [2.75, 3.05) is 18.9 Å². The molecule has 2 aromatic carbocycles. The fraction of sp³-hybridized carbons (Fsp3) is 0.222. The molecule has 2 rings (SSSR count). The van der Waals surface area contributed by atoms with Gasteiger partial charge in [0, 0.05) is 0 Å². The van der Waals surface area contributed by atoms with Gasteiger partial charge >= 0.3 is 11.9 Å². The van der Waals surface area contributed by atoms with E-state index in [1.807, 2.05) is 13.8 Å². The Morgan fingerprint density at radius 2 is 1.38 bits per heavy atom. The first kappa shape index (κ1) is 19.5. The molecule has 1 N–H and O–H groups in total. The number of ether oxygens (including phenoxy) is 2. The summed E-state index contributed by atoms with van der Waals surface area (Å²) >= 11 is 0. The zero-order valence-corrected chi connectivity index (χ0v) is 15.6. The molecule has 0 saturated carbocycles. The van der Waals surface area contributed by atoms with Crippen LogP contribution in [0.25, 0.3) is 0 Å². The highest BCUT2D eigenvalue weighted by Gasteiger charge is 2.19. The first-order valence-corrected chi connectivity index (χ1v) is 9.08. The number of sulfonamides is 1.